The fourth-order valence-corrected chi connectivity index (χ4v) is 3.74. The summed E-state index contributed by atoms with van der Waals surface area (Å²) in [6.45, 7) is 4.01. The predicted molar refractivity (Wildman–Crippen MR) is 89.6 cm³/mol. The van der Waals surface area contributed by atoms with Gasteiger partial charge in [0.2, 0.25) is 0 Å². The van der Waals surface area contributed by atoms with Gasteiger partial charge in [-0.25, -0.2) is 0 Å². The van der Waals surface area contributed by atoms with Crippen LogP contribution in [0.2, 0.25) is 0 Å². The zero-order valence-corrected chi connectivity index (χ0v) is 13.8. The van der Waals surface area contributed by atoms with E-state index in [1.165, 1.54) is 43.2 Å². The van der Waals surface area contributed by atoms with Crippen molar-refractivity contribution >= 4 is 5.78 Å². The van der Waals surface area contributed by atoms with Crippen molar-refractivity contribution < 1.29 is 4.79 Å². The summed E-state index contributed by atoms with van der Waals surface area (Å²) in [7, 11) is 0. The van der Waals surface area contributed by atoms with Crippen LogP contribution in [-0.4, -0.2) is 5.78 Å². The second-order valence-electron chi connectivity index (χ2n) is 6.77. The third-order valence-corrected chi connectivity index (χ3v) is 5.36. The fourth-order valence-electron chi connectivity index (χ4n) is 3.74. The van der Waals surface area contributed by atoms with Gasteiger partial charge in [0.1, 0.15) is 5.78 Å². The number of hydrogen-bond donors (Lipinski definition) is 0. The predicted octanol–water partition coefficient (Wildman–Crippen LogP) is 5.50. The van der Waals surface area contributed by atoms with Crippen LogP contribution in [0.15, 0.2) is 24.3 Å². The smallest absolute Gasteiger partial charge is 0.135 e. The first-order valence-electron chi connectivity index (χ1n) is 8.75. The maximum atomic E-state index is 12.1. The molecule has 0 amide bonds. The number of carbonyl (C=O) groups is 1. The molecule has 0 saturated heterocycles. The highest BCUT2D eigenvalue weighted by molar-refractivity contribution is 5.82. The Hall–Kier alpha value is -1.11. The highest BCUT2D eigenvalue weighted by Crippen LogP contribution is 2.41. The second kappa shape index (κ2) is 7.77. The highest BCUT2D eigenvalue weighted by atomic mass is 16.1. The quantitative estimate of drug-likeness (QED) is 0.605. The van der Waals surface area contributed by atoms with E-state index < -0.39 is 0 Å². The molecule has 0 atom stereocenters. The molecule has 2 rings (SSSR count). The van der Waals surface area contributed by atoms with Crippen molar-refractivity contribution in [2.24, 2.45) is 5.41 Å². The molecule has 1 heteroatoms. The summed E-state index contributed by atoms with van der Waals surface area (Å²) in [5, 5.41) is 0. The molecule has 0 aromatic heterocycles. The van der Waals surface area contributed by atoms with Gasteiger partial charge >= 0.3 is 0 Å². The van der Waals surface area contributed by atoms with Crippen LogP contribution in [-0.2, 0) is 17.6 Å². The van der Waals surface area contributed by atoms with Crippen molar-refractivity contribution in [2.75, 3.05) is 0 Å². The van der Waals surface area contributed by atoms with E-state index in [-0.39, 0.29) is 5.41 Å². The van der Waals surface area contributed by atoms with Gasteiger partial charge in [0, 0.05) is 5.41 Å². The van der Waals surface area contributed by atoms with Gasteiger partial charge < -0.3 is 0 Å². The molecule has 1 aliphatic carbocycles. The topological polar surface area (TPSA) is 17.1 Å². The minimum absolute atomic E-state index is 0.0321. The van der Waals surface area contributed by atoms with E-state index in [2.05, 4.69) is 31.2 Å². The summed E-state index contributed by atoms with van der Waals surface area (Å²) in [6.07, 6.45) is 11.8. The van der Waals surface area contributed by atoms with Gasteiger partial charge in [-0.3, -0.25) is 4.79 Å². The molecule has 1 aliphatic rings. The van der Waals surface area contributed by atoms with Gasteiger partial charge in [-0.1, -0.05) is 56.9 Å². The molecule has 1 saturated carbocycles. The van der Waals surface area contributed by atoms with Crippen molar-refractivity contribution in [1.82, 2.24) is 0 Å². The molecule has 21 heavy (non-hydrogen) atoms. The summed E-state index contributed by atoms with van der Waals surface area (Å²) in [6, 6.07) is 9.02. The third kappa shape index (κ3) is 4.43. The van der Waals surface area contributed by atoms with Gasteiger partial charge in [0.05, 0.1) is 0 Å². The Morgan fingerprint density at radius 2 is 1.62 bits per heavy atom. The number of aryl methyl sites for hydroxylation is 2. The number of Topliss-reactive ketones (excluding diaryl/α,β-unsaturated/α-hetero) is 1. The van der Waals surface area contributed by atoms with E-state index in [9.17, 15) is 4.79 Å². The molecule has 0 spiro atoms. The van der Waals surface area contributed by atoms with E-state index in [1.54, 1.807) is 0 Å². The zero-order chi connectivity index (χ0) is 15.1. The van der Waals surface area contributed by atoms with E-state index >= 15 is 0 Å². The average molecular weight is 286 g/mol. The molecular formula is C20H30O. The lowest BCUT2D eigenvalue weighted by Gasteiger charge is -2.35. The SMILES string of the molecule is CCc1ccc(CCCCC2(C(C)=O)CCCCC2)cc1. The molecule has 1 aromatic carbocycles. The molecule has 0 radical (unpaired) electrons. The minimum atomic E-state index is 0.0321. The molecular weight excluding hydrogens is 256 g/mol. The Kier molecular flexibility index (Phi) is 6.02. The van der Waals surface area contributed by atoms with E-state index in [1.807, 2.05) is 6.92 Å². The van der Waals surface area contributed by atoms with Crippen molar-refractivity contribution in [1.29, 1.82) is 0 Å². The van der Waals surface area contributed by atoms with Gasteiger partial charge in [-0.2, -0.15) is 0 Å². The van der Waals surface area contributed by atoms with Crippen LogP contribution in [0, 0.1) is 5.41 Å². The van der Waals surface area contributed by atoms with Gasteiger partial charge in [-0.05, 0) is 56.6 Å². The van der Waals surface area contributed by atoms with Crippen molar-refractivity contribution in [2.45, 2.75) is 78.1 Å². The Morgan fingerprint density at radius 1 is 1.00 bits per heavy atom. The first-order chi connectivity index (χ1) is 10.2. The highest BCUT2D eigenvalue weighted by Gasteiger charge is 2.35. The lowest BCUT2D eigenvalue weighted by atomic mass is 9.68. The van der Waals surface area contributed by atoms with E-state index in [0.717, 1.165) is 32.1 Å². The molecule has 1 fully saturated rings. The minimum Gasteiger partial charge on any atom is -0.299 e. The number of rotatable bonds is 7. The monoisotopic (exact) mass is 286 g/mol. The Labute approximate surface area is 130 Å². The zero-order valence-electron chi connectivity index (χ0n) is 13.8. The molecule has 0 heterocycles. The fraction of sp³-hybridized carbons (Fsp3) is 0.650. The Balaban J connectivity index is 1.78. The van der Waals surface area contributed by atoms with E-state index in [4.69, 9.17) is 0 Å². The molecule has 0 bridgehead atoms. The first-order valence-corrected chi connectivity index (χ1v) is 8.75. The maximum absolute atomic E-state index is 12.1. The number of ketones is 1. The van der Waals surface area contributed by atoms with Crippen LogP contribution in [0.4, 0.5) is 0 Å². The molecule has 0 N–H and O–H groups in total. The molecule has 116 valence electrons. The average Bonchev–Trinajstić information content (AvgIpc) is 2.53. The van der Waals surface area contributed by atoms with Crippen molar-refractivity contribution in [3.05, 3.63) is 35.4 Å². The first kappa shape index (κ1) is 16.3. The lowest BCUT2D eigenvalue weighted by Crippen LogP contribution is -2.31. The summed E-state index contributed by atoms with van der Waals surface area (Å²) >= 11 is 0. The lowest BCUT2D eigenvalue weighted by molar-refractivity contribution is -0.128. The second-order valence-corrected chi connectivity index (χ2v) is 6.77. The van der Waals surface area contributed by atoms with Crippen LogP contribution >= 0.6 is 0 Å². The van der Waals surface area contributed by atoms with Gasteiger partial charge in [-0.15, -0.1) is 0 Å². The van der Waals surface area contributed by atoms with Crippen LogP contribution < -0.4 is 0 Å². The Morgan fingerprint density at radius 3 is 2.19 bits per heavy atom. The molecule has 0 unspecified atom stereocenters. The number of hydrogen-bond acceptors (Lipinski definition) is 1. The summed E-state index contributed by atoms with van der Waals surface area (Å²) in [5.41, 5.74) is 2.88. The van der Waals surface area contributed by atoms with Crippen LogP contribution in [0.5, 0.6) is 0 Å². The van der Waals surface area contributed by atoms with Crippen LogP contribution in [0.1, 0.15) is 76.3 Å². The molecule has 0 aliphatic heterocycles. The summed E-state index contributed by atoms with van der Waals surface area (Å²) < 4.78 is 0. The molecule has 1 aromatic rings. The standard InChI is InChI=1S/C20H30O/c1-3-18-10-12-19(13-11-18)9-5-8-16-20(17(2)21)14-6-4-7-15-20/h10-13H,3-9,14-16H2,1-2H3. The maximum Gasteiger partial charge on any atom is 0.135 e. The molecule has 1 nitrogen and oxygen atoms in total. The van der Waals surface area contributed by atoms with Gasteiger partial charge in [0.25, 0.3) is 0 Å². The largest absolute Gasteiger partial charge is 0.299 e. The van der Waals surface area contributed by atoms with Gasteiger partial charge in [0.15, 0.2) is 0 Å². The van der Waals surface area contributed by atoms with E-state index in [0.29, 0.717) is 5.78 Å². The normalized spacial score (nSPS) is 17.6. The Bertz CT molecular complexity index is 437. The number of carbonyl (C=O) groups excluding carboxylic acids is 1. The number of unbranched alkanes of at least 4 members (excludes halogenated alkanes) is 1. The van der Waals surface area contributed by atoms with Crippen LogP contribution in [0.25, 0.3) is 0 Å². The summed E-state index contributed by atoms with van der Waals surface area (Å²) in [5.74, 6) is 0.439. The summed E-state index contributed by atoms with van der Waals surface area (Å²) in [4.78, 5) is 12.1. The van der Waals surface area contributed by atoms with Crippen LogP contribution in [0.3, 0.4) is 0 Å². The third-order valence-electron chi connectivity index (χ3n) is 5.36. The van der Waals surface area contributed by atoms with Crippen molar-refractivity contribution in [3.63, 3.8) is 0 Å². The number of benzene rings is 1. The van der Waals surface area contributed by atoms with Crippen molar-refractivity contribution in [3.8, 4) is 0 Å².